The molecule has 6 heteroatoms. The molecule has 1 heterocycles. The smallest absolute Gasteiger partial charge is 0.271 e. The van der Waals surface area contributed by atoms with Gasteiger partial charge < -0.3 is 10.0 Å². The lowest BCUT2D eigenvalue weighted by molar-refractivity contribution is 0.0955. The number of hydrazone groups is 1. The molecule has 0 aliphatic carbocycles. The molecule has 2 aromatic carbocycles. The van der Waals surface area contributed by atoms with E-state index in [-0.39, 0.29) is 16.7 Å². The number of carbonyl (C=O) groups excluding carboxylic acids is 1. The van der Waals surface area contributed by atoms with Crippen molar-refractivity contribution < 1.29 is 9.90 Å². The summed E-state index contributed by atoms with van der Waals surface area (Å²) in [6.45, 7) is 2.15. The molecule has 24 heavy (non-hydrogen) atoms. The molecule has 1 aliphatic rings. The van der Waals surface area contributed by atoms with Crippen LogP contribution < -0.4 is 10.3 Å². The predicted molar refractivity (Wildman–Crippen MR) is 96.1 cm³/mol. The Bertz CT molecular complexity index is 753. The van der Waals surface area contributed by atoms with Crippen LogP contribution in [-0.4, -0.2) is 30.3 Å². The predicted octanol–water partition coefficient (Wildman–Crippen LogP) is 3.41. The summed E-state index contributed by atoms with van der Waals surface area (Å²) in [5, 5.41) is 13.5. The SMILES string of the molecule is O=C(N/N=C/c1ccc(O)c(Cl)c1)c1ccc(N2CCCC2)cc1. The first kappa shape index (κ1) is 16.3. The van der Waals surface area contributed by atoms with Gasteiger partial charge in [-0.15, -0.1) is 0 Å². The summed E-state index contributed by atoms with van der Waals surface area (Å²) >= 11 is 5.82. The third kappa shape index (κ3) is 3.86. The van der Waals surface area contributed by atoms with Gasteiger partial charge in [0, 0.05) is 24.3 Å². The number of anilines is 1. The fourth-order valence-corrected chi connectivity index (χ4v) is 2.82. The highest BCUT2D eigenvalue weighted by molar-refractivity contribution is 6.32. The largest absolute Gasteiger partial charge is 0.506 e. The van der Waals surface area contributed by atoms with Crippen LogP contribution >= 0.6 is 11.6 Å². The molecule has 0 aromatic heterocycles. The quantitative estimate of drug-likeness (QED) is 0.660. The van der Waals surface area contributed by atoms with Crippen LogP contribution in [-0.2, 0) is 0 Å². The van der Waals surface area contributed by atoms with Crippen molar-refractivity contribution in [2.45, 2.75) is 12.8 Å². The van der Waals surface area contributed by atoms with E-state index in [1.807, 2.05) is 12.1 Å². The normalized spacial score (nSPS) is 14.3. The summed E-state index contributed by atoms with van der Waals surface area (Å²) < 4.78 is 0. The number of phenols is 1. The number of carbonyl (C=O) groups is 1. The van der Waals surface area contributed by atoms with Gasteiger partial charge in [-0.05, 0) is 60.9 Å². The monoisotopic (exact) mass is 343 g/mol. The van der Waals surface area contributed by atoms with Gasteiger partial charge in [0.2, 0.25) is 0 Å². The van der Waals surface area contributed by atoms with Crippen molar-refractivity contribution in [3.8, 4) is 5.75 Å². The highest BCUT2D eigenvalue weighted by atomic mass is 35.5. The second kappa shape index (κ2) is 7.36. The molecule has 2 aromatic rings. The fourth-order valence-electron chi connectivity index (χ4n) is 2.63. The van der Waals surface area contributed by atoms with Crippen molar-refractivity contribution in [1.82, 2.24) is 5.43 Å². The van der Waals surface area contributed by atoms with E-state index in [0.29, 0.717) is 11.1 Å². The van der Waals surface area contributed by atoms with Gasteiger partial charge in [-0.1, -0.05) is 11.6 Å². The van der Waals surface area contributed by atoms with Gasteiger partial charge in [-0.2, -0.15) is 5.10 Å². The number of aromatic hydroxyl groups is 1. The van der Waals surface area contributed by atoms with Crippen molar-refractivity contribution in [1.29, 1.82) is 0 Å². The van der Waals surface area contributed by atoms with E-state index in [9.17, 15) is 9.90 Å². The molecule has 0 saturated carbocycles. The molecular weight excluding hydrogens is 326 g/mol. The molecule has 0 radical (unpaired) electrons. The number of halogens is 1. The third-order valence-electron chi connectivity index (χ3n) is 3.95. The first-order valence-corrected chi connectivity index (χ1v) is 8.18. The van der Waals surface area contributed by atoms with Crippen molar-refractivity contribution in [2.24, 2.45) is 5.10 Å². The van der Waals surface area contributed by atoms with Gasteiger partial charge in [0.1, 0.15) is 5.75 Å². The maximum absolute atomic E-state index is 12.1. The van der Waals surface area contributed by atoms with E-state index < -0.39 is 0 Å². The minimum atomic E-state index is -0.274. The van der Waals surface area contributed by atoms with Crippen LogP contribution in [0.5, 0.6) is 5.75 Å². The van der Waals surface area contributed by atoms with Crippen LogP contribution in [0.4, 0.5) is 5.69 Å². The Labute approximate surface area is 145 Å². The Hall–Kier alpha value is -2.53. The minimum Gasteiger partial charge on any atom is -0.506 e. The van der Waals surface area contributed by atoms with Gasteiger partial charge >= 0.3 is 0 Å². The Balaban J connectivity index is 1.60. The van der Waals surface area contributed by atoms with Gasteiger partial charge in [-0.3, -0.25) is 4.79 Å². The molecule has 0 atom stereocenters. The maximum Gasteiger partial charge on any atom is 0.271 e. The molecule has 1 saturated heterocycles. The lowest BCUT2D eigenvalue weighted by Crippen LogP contribution is -2.19. The summed E-state index contributed by atoms with van der Waals surface area (Å²) in [5.74, 6) is -0.264. The van der Waals surface area contributed by atoms with Crippen molar-refractivity contribution in [3.63, 3.8) is 0 Å². The summed E-state index contributed by atoms with van der Waals surface area (Å²) in [7, 11) is 0. The van der Waals surface area contributed by atoms with Gasteiger partial charge in [0.15, 0.2) is 0 Å². The van der Waals surface area contributed by atoms with E-state index in [4.69, 9.17) is 11.6 Å². The van der Waals surface area contributed by atoms with E-state index >= 15 is 0 Å². The summed E-state index contributed by atoms with van der Waals surface area (Å²) in [6, 6.07) is 12.2. The first-order chi connectivity index (χ1) is 11.6. The minimum absolute atomic E-state index is 0.0101. The second-order valence-electron chi connectivity index (χ2n) is 5.65. The van der Waals surface area contributed by atoms with Crippen LogP contribution in [0.25, 0.3) is 0 Å². The number of hydrogen-bond donors (Lipinski definition) is 2. The molecule has 0 unspecified atom stereocenters. The fraction of sp³-hybridized carbons (Fsp3) is 0.222. The summed E-state index contributed by atoms with van der Waals surface area (Å²) in [5.41, 5.74) is 4.86. The van der Waals surface area contributed by atoms with Crippen molar-refractivity contribution >= 4 is 29.4 Å². The second-order valence-corrected chi connectivity index (χ2v) is 6.06. The standard InChI is InChI=1S/C18H18ClN3O2/c19-16-11-13(3-8-17(16)23)12-20-21-18(24)14-4-6-15(7-5-14)22-9-1-2-10-22/h3-8,11-12,23H,1-2,9-10H2,(H,21,24)/b20-12+. The number of rotatable bonds is 4. The Morgan fingerprint density at radius 2 is 1.88 bits per heavy atom. The lowest BCUT2D eigenvalue weighted by Gasteiger charge is -2.17. The topological polar surface area (TPSA) is 64.9 Å². The molecule has 0 bridgehead atoms. The van der Waals surface area contributed by atoms with E-state index in [1.54, 1.807) is 24.3 Å². The number of benzene rings is 2. The van der Waals surface area contributed by atoms with Crippen LogP contribution in [0, 0.1) is 0 Å². The average molecular weight is 344 g/mol. The van der Waals surface area contributed by atoms with Crippen LogP contribution in [0.1, 0.15) is 28.8 Å². The van der Waals surface area contributed by atoms with Crippen LogP contribution in [0.2, 0.25) is 5.02 Å². The highest BCUT2D eigenvalue weighted by Crippen LogP contribution is 2.23. The molecule has 0 spiro atoms. The Kier molecular flexibility index (Phi) is 5.01. The van der Waals surface area contributed by atoms with Gasteiger partial charge in [-0.25, -0.2) is 5.43 Å². The summed E-state index contributed by atoms with van der Waals surface area (Å²) in [6.07, 6.45) is 3.91. The number of nitrogens with zero attached hydrogens (tertiary/aromatic N) is 2. The average Bonchev–Trinajstić information content (AvgIpc) is 3.13. The number of amides is 1. The Morgan fingerprint density at radius 1 is 1.17 bits per heavy atom. The first-order valence-electron chi connectivity index (χ1n) is 7.80. The third-order valence-corrected chi connectivity index (χ3v) is 4.25. The maximum atomic E-state index is 12.1. The molecule has 1 amide bonds. The van der Waals surface area contributed by atoms with Gasteiger partial charge in [0.05, 0.1) is 11.2 Å². The molecular formula is C18H18ClN3O2. The molecule has 1 aliphatic heterocycles. The van der Waals surface area contributed by atoms with Gasteiger partial charge in [0.25, 0.3) is 5.91 Å². The molecule has 124 valence electrons. The van der Waals surface area contributed by atoms with E-state index in [0.717, 1.165) is 18.8 Å². The summed E-state index contributed by atoms with van der Waals surface area (Å²) in [4.78, 5) is 14.4. The molecule has 5 nitrogen and oxygen atoms in total. The zero-order chi connectivity index (χ0) is 16.9. The van der Waals surface area contributed by atoms with Crippen LogP contribution in [0.15, 0.2) is 47.6 Å². The zero-order valence-corrected chi connectivity index (χ0v) is 13.8. The molecule has 2 N–H and O–H groups in total. The highest BCUT2D eigenvalue weighted by Gasteiger charge is 2.12. The van der Waals surface area contributed by atoms with Crippen molar-refractivity contribution in [3.05, 3.63) is 58.6 Å². The molecule has 1 fully saturated rings. The van der Waals surface area contributed by atoms with E-state index in [1.165, 1.54) is 25.1 Å². The zero-order valence-electron chi connectivity index (χ0n) is 13.1. The van der Waals surface area contributed by atoms with Crippen LogP contribution in [0.3, 0.4) is 0 Å². The van der Waals surface area contributed by atoms with E-state index in [2.05, 4.69) is 15.4 Å². The number of nitrogens with one attached hydrogen (secondary N) is 1. The number of hydrogen-bond acceptors (Lipinski definition) is 4. The molecule has 3 rings (SSSR count). The van der Waals surface area contributed by atoms with Crippen molar-refractivity contribution in [2.75, 3.05) is 18.0 Å². The lowest BCUT2D eigenvalue weighted by atomic mass is 10.2. The number of phenolic OH excluding ortho intramolecular Hbond substituents is 1. The Morgan fingerprint density at radius 3 is 2.54 bits per heavy atom.